The fourth-order valence-corrected chi connectivity index (χ4v) is 2.05. The number of nitrogens with two attached hydrogens (primary N) is 1. The molecule has 0 spiro atoms. The first kappa shape index (κ1) is 15.3. The largest absolute Gasteiger partial charge is 0.409 e. The van der Waals surface area contributed by atoms with Gasteiger partial charge in [0.25, 0.3) is 0 Å². The highest BCUT2D eigenvalue weighted by molar-refractivity contribution is 6.06. The second-order valence-corrected chi connectivity index (χ2v) is 5.36. The number of amidine groups is 1. The quantitative estimate of drug-likeness (QED) is 0.321. The summed E-state index contributed by atoms with van der Waals surface area (Å²) in [6.45, 7) is 4.64. The normalized spacial score (nSPS) is 16.6. The van der Waals surface area contributed by atoms with Crippen molar-refractivity contribution in [2.75, 3.05) is 26.7 Å². The van der Waals surface area contributed by atoms with Crippen LogP contribution in [-0.4, -0.2) is 59.3 Å². The van der Waals surface area contributed by atoms with Gasteiger partial charge in [0, 0.05) is 20.1 Å². The number of amides is 2. The molecule has 108 valence electrons. The van der Waals surface area contributed by atoms with Crippen molar-refractivity contribution in [2.45, 2.75) is 26.7 Å². The first-order chi connectivity index (χ1) is 8.80. The highest BCUT2D eigenvalue weighted by Crippen LogP contribution is 2.18. The molecule has 19 heavy (non-hydrogen) atoms. The molecular weight excluding hydrogens is 248 g/mol. The van der Waals surface area contributed by atoms with Crippen LogP contribution in [0, 0.1) is 5.41 Å². The smallest absolute Gasteiger partial charge is 0.242 e. The Balaban J connectivity index is 2.64. The van der Waals surface area contributed by atoms with E-state index in [4.69, 9.17) is 10.9 Å². The number of hydrogen-bond acceptors (Lipinski definition) is 4. The van der Waals surface area contributed by atoms with Crippen molar-refractivity contribution in [3.63, 3.8) is 0 Å². The van der Waals surface area contributed by atoms with Crippen LogP contribution in [0.1, 0.15) is 26.7 Å². The Labute approximate surface area is 113 Å². The molecule has 1 heterocycles. The van der Waals surface area contributed by atoms with E-state index >= 15 is 0 Å². The molecule has 0 aromatic rings. The number of carbonyl (C=O) groups excluding carboxylic acids is 2. The van der Waals surface area contributed by atoms with Crippen LogP contribution in [0.25, 0.3) is 0 Å². The molecule has 0 aliphatic carbocycles. The van der Waals surface area contributed by atoms with Crippen LogP contribution in [0.15, 0.2) is 5.16 Å². The molecule has 0 aromatic carbocycles. The Kier molecular flexibility index (Phi) is 4.74. The van der Waals surface area contributed by atoms with Crippen molar-refractivity contribution in [1.29, 1.82) is 0 Å². The molecule has 0 radical (unpaired) electrons. The van der Waals surface area contributed by atoms with E-state index in [0.717, 1.165) is 25.9 Å². The molecule has 0 saturated carbocycles. The van der Waals surface area contributed by atoms with Crippen LogP contribution < -0.4 is 5.73 Å². The number of carbonyl (C=O) groups is 2. The zero-order valence-corrected chi connectivity index (χ0v) is 11.7. The molecule has 7 nitrogen and oxygen atoms in total. The zero-order chi connectivity index (χ0) is 14.6. The van der Waals surface area contributed by atoms with Crippen molar-refractivity contribution < 1.29 is 14.8 Å². The van der Waals surface area contributed by atoms with Crippen LogP contribution in [0.3, 0.4) is 0 Å². The number of rotatable bonds is 4. The summed E-state index contributed by atoms with van der Waals surface area (Å²) in [5.74, 6) is -0.586. The lowest BCUT2D eigenvalue weighted by molar-refractivity contribution is -0.142. The number of likely N-dealkylation sites (tertiary alicyclic amines) is 1. The van der Waals surface area contributed by atoms with Crippen molar-refractivity contribution in [3.8, 4) is 0 Å². The summed E-state index contributed by atoms with van der Waals surface area (Å²) < 4.78 is 0. The molecule has 0 atom stereocenters. The van der Waals surface area contributed by atoms with Crippen LogP contribution in [0.4, 0.5) is 0 Å². The van der Waals surface area contributed by atoms with Crippen molar-refractivity contribution >= 4 is 17.6 Å². The highest BCUT2D eigenvalue weighted by Gasteiger charge is 2.36. The van der Waals surface area contributed by atoms with E-state index in [0.29, 0.717) is 0 Å². The Bertz CT molecular complexity index is 386. The number of nitrogens with zero attached hydrogens (tertiary/aromatic N) is 3. The molecule has 1 saturated heterocycles. The monoisotopic (exact) mass is 270 g/mol. The fourth-order valence-electron chi connectivity index (χ4n) is 2.05. The van der Waals surface area contributed by atoms with Crippen molar-refractivity contribution in [2.24, 2.45) is 16.3 Å². The number of hydrogen-bond donors (Lipinski definition) is 2. The first-order valence-corrected chi connectivity index (χ1v) is 6.32. The minimum Gasteiger partial charge on any atom is -0.409 e. The Morgan fingerprint density at radius 1 is 1.37 bits per heavy atom. The predicted octanol–water partition coefficient (Wildman–Crippen LogP) is -0.160. The van der Waals surface area contributed by atoms with Crippen LogP contribution in [0.5, 0.6) is 0 Å². The van der Waals surface area contributed by atoms with Gasteiger partial charge in [-0.2, -0.15) is 0 Å². The van der Waals surface area contributed by atoms with Gasteiger partial charge in [0.2, 0.25) is 11.8 Å². The van der Waals surface area contributed by atoms with E-state index < -0.39 is 5.41 Å². The lowest BCUT2D eigenvalue weighted by atomic mass is 9.90. The van der Waals surface area contributed by atoms with Gasteiger partial charge in [-0.05, 0) is 26.7 Å². The van der Waals surface area contributed by atoms with Gasteiger partial charge >= 0.3 is 0 Å². The van der Waals surface area contributed by atoms with E-state index in [9.17, 15) is 9.59 Å². The predicted molar refractivity (Wildman–Crippen MR) is 70.6 cm³/mol. The molecule has 2 amide bonds. The summed E-state index contributed by atoms with van der Waals surface area (Å²) in [5.41, 5.74) is 4.37. The lowest BCUT2D eigenvalue weighted by Crippen LogP contribution is -2.49. The third kappa shape index (κ3) is 3.36. The molecule has 1 fully saturated rings. The SMILES string of the molecule is CN(CC(=O)N1CCCC1)C(=O)C(C)(C)C(N)=NO. The van der Waals surface area contributed by atoms with E-state index in [1.165, 1.54) is 4.90 Å². The maximum absolute atomic E-state index is 12.2. The van der Waals surface area contributed by atoms with Crippen LogP contribution >= 0.6 is 0 Å². The minimum atomic E-state index is -1.13. The van der Waals surface area contributed by atoms with Gasteiger partial charge in [-0.1, -0.05) is 5.16 Å². The van der Waals surface area contributed by atoms with Crippen LogP contribution in [0.2, 0.25) is 0 Å². The summed E-state index contributed by atoms with van der Waals surface area (Å²) >= 11 is 0. The average molecular weight is 270 g/mol. The van der Waals surface area contributed by atoms with Gasteiger partial charge in [-0.15, -0.1) is 0 Å². The van der Waals surface area contributed by atoms with Crippen LogP contribution in [-0.2, 0) is 9.59 Å². The van der Waals surface area contributed by atoms with Gasteiger partial charge in [0.1, 0.15) is 5.41 Å². The first-order valence-electron chi connectivity index (χ1n) is 6.32. The Hall–Kier alpha value is -1.79. The van der Waals surface area contributed by atoms with Gasteiger partial charge in [0.05, 0.1) is 6.54 Å². The van der Waals surface area contributed by atoms with Gasteiger partial charge < -0.3 is 20.7 Å². The number of likely N-dealkylation sites (N-methyl/N-ethyl adjacent to an activating group) is 1. The molecular formula is C12H22N4O3. The standard InChI is InChI=1S/C12H22N4O3/c1-12(2,10(13)14-19)11(18)15(3)8-9(17)16-6-4-5-7-16/h19H,4-8H2,1-3H3,(H2,13,14). The zero-order valence-electron chi connectivity index (χ0n) is 11.7. The maximum atomic E-state index is 12.2. The highest BCUT2D eigenvalue weighted by atomic mass is 16.4. The molecule has 1 aliphatic rings. The molecule has 0 unspecified atom stereocenters. The summed E-state index contributed by atoms with van der Waals surface area (Å²) in [7, 11) is 1.54. The molecule has 0 aromatic heterocycles. The molecule has 0 bridgehead atoms. The molecule has 3 N–H and O–H groups in total. The second kappa shape index (κ2) is 5.90. The third-order valence-corrected chi connectivity index (χ3v) is 3.46. The second-order valence-electron chi connectivity index (χ2n) is 5.36. The van der Waals surface area contributed by atoms with Crippen molar-refractivity contribution in [1.82, 2.24) is 9.80 Å². The summed E-state index contributed by atoms with van der Waals surface area (Å²) in [6, 6.07) is 0. The molecule has 1 aliphatic heterocycles. The summed E-state index contributed by atoms with van der Waals surface area (Å²) in [6.07, 6.45) is 2.03. The maximum Gasteiger partial charge on any atom is 0.242 e. The van der Waals surface area contributed by atoms with Gasteiger partial charge in [-0.25, -0.2) is 0 Å². The van der Waals surface area contributed by atoms with E-state index in [-0.39, 0.29) is 24.2 Å². The van der Waals surface area contributed by atoms with E-state index in [2.05, 4.69) is 5.16 Å². The lowest BCUT2D eigenvalue weighted by Gasteiger charge is -2.29. The minimum absolute atomic E-state index is 0.0149. The van der Waals surface area contributed by atoms with Crippen molar-refractivity contribution in [3.05, 3.63) is 0 Å². The number of oxime groups is 1. The average Bonchev–Trinajstić information content (AvgIpc) is 2.90. The third-order valence-electron chi connectivity index (χ3n) is 3.46. The topological polar surface area (TPSA) is 99.2 Å². The fraction of sp³-hybridized carbons (Fsp3) is 0.750. The Morgan fingerprint density at radius 3 is 2.37 bits per heavy atom. The van der Waals surface area contributed by atoms with E-state index in [1.807, 2.05) is 0 Å². The molecule has 1 rings (SSSR count). The summed E-state index contributed by atoms with van der Waals surface area (Å²) in [4.78, 5) is 27.2. The molecule has 7 heteroatoms. The van der Waals surface area contributed by atoms with E-state index in [1.54, 1.807) is 25.8 Å². The van der Waals surface area contributed by atoms with Gasteiger partial charge in [0.15, 0.2) is 5.84 Å². The summed E-state index contributed by atoms with van der Waals surface area (Å²) in [5, 5.41) is 11.5. The van der Waals surface area contributed by atoms with Gasteiger partial charge in [-0.3, -0.25) is 9.59 Å². The Morgan fingerprint density at radius 2 is 1.89 bits per heavy atom.